The molecule has 0 aliphatic rings. The third-order valence-corrected chi connectivity index (χ3v) is 7.66. The van der Waals surface area contributed by atoms with Crippen molar-refractivity contribution in [3.05, 3.63) is 83.7 Å². The van der Waals surface area contributed by atoms with Gasteiger partial charge in [0.15, 0.2) is 0 Å². The minimum Gasteiger partial charge on any atom is -0.387 e. The molecule has 7 nitrogen and oxygen atoms in total. The number of aromatic nitrogens is 1. The summed E-state index contributed by atoms with van der Waals surface area (Å²) in [7, 11) is 0. The Morgan fingerprint density at radius 3 is 2.40 bits per heavy atom. The number of carbonyl (C=O) groups excluding carboxylic acids is 2. The standard InChI is InChI=1S/C34H46F2N4O3/c1-6-10-23(2)19-38-33(43)29(37)15-16-40(31(42)22-41)32(34(3,4)5)30-17-25(27-18-26(35)13-14-28(27)36)21-39(30)20-24-11-8-7-9-12-24/h7-9,11-14,17-18,21,23,29,32,41H,6,10,15-16,19-20,22,37H2,1-5H3,(H,38,43)/t23?,29-,32-/m0/s1. The average Bonchev–Trinajstić information content (AvgIpc) is 3.36. The molecule has 0 aliphatic heterocycles. The largest absolute Gasteiger partial charge is 0.387 e. The number of nitrogens with one attached hydrogen (secondary N) is 1. The van der Waals surface area contributed by atoms with Gasteiger partial charge in [-0.05, 0) is 54.0 Å². The molecule has 3 rings (SSSR count). The zero-order valence-electron chi connectivity index (χ0n) is 25.9. The molecular formula is C34H46F2N4O3. The lowest BCUT2D eigenvalue weighted by molar-refractivity contribution is -0.140. The van der Waals surface area contributed by atoms with Crippen molar-refractivity contribution in [3.63, 3.8) is 0 Å². The van der Waals surface area contributed by atoms with Gasteiger partial charge in [0, 0.05) is 42.7 Å². The van der Waals surface area contributed by atoms with Crippen molar-refractivity contribution in [1.29, 1.82) is 0 Å². The molecule has 0 spiro atoms. The van der Waals surface area contributed by atoms with Gasteiger partial charge >= 0.3 is 0 Å². The Morgan fingerprint density at radius 2 is 1.77 bits per heavy atom. The van der Waals surface area contributed by atoms with E-state index in [1.165, 1.54) is 0 Å². The molecule has 2 amide bonds. The maximum absolute atomic E-state index is 14.9. The summed E-state index contributed by atoms with van der Waals surface area (Å²) in [5.41, 5.74) is 7.94. The van der Waals surface area contributed by atoms with Crippen LogP contribution in [0.5, 0.6) is 0 Å². The highest BCUT2D eigenvalue weighted by molar-refractivity contribution is 5.82. The summed E-state index contributed by atoms with van der Waals surface area (Å²) in [6.45, 7) is 10.4. The number of halogens is 2. The normalized spacial score (nSPS) is 13.8. The van der Waals surface area contributed by atoms with Gasteiger partial charge in [-0.25, -0.2) is 8.78 Å². The average molecular weight is 597 g/mol. The van der Waals surface area contributed by atoms with Crippen LogP contribution in [0.1, 0.15) is 71.2 Å². The van der Waals surface area contributed by atoms with Gasteiger partial charge < -0.3 is 25.6 Å². The number of carbonyl (C=O) groups is 2. The van der Waals surface area contributed by atoms with Crippen molar-refractivity contribution in [3.8, 4) is 11.1 Å². The predicted octanol–water partition coefficient (Wildman–Crippen LogP) is 5.66. The fourth-order valence-electron chi connectivity index (χ4n) is 5.51. The van der Waals surface area contributed by atoms with Crippen molar-refractivity contribution < 1.29 is 23.5 Å². The molecular weight excluding hydrogens is 550 g/mol. The van der Waals surface area contributed by atoms with Gasteiger partial charge in [0.2, 0.25) is 11.8 Å². The Balaban J connectivity index is 2.02. The number of hydrogen-bond donors (Lipinski definition) is 3. The van der Waals surface area contributed by atoms with E-state index >= 15 is 0 Å². The van der Waals surface area contributed by atoms with E-state index in [0.29, 0.717) is 30.3 Å². The van der Waals surface area contributed by atoms with E-state index in [9.17, 15) is 23.5 Å². The first-order valence-electron chi connectivity index (χ1n) is 15.0. The Hall–Kier alpha value is -3.56. The van der Waals surface area contributed by atoms with E-state index in [4.69, 9.17) is 5.73 Å². The van der Waals surface area contributed by atoms with Crippen molar-refractivity contribution in [1.82, 2.24) is 14.8 Å². The van der Waals surface area contributed by atoms with Crippen LogP contribution in [0.2, 0.25) is 0 Å². The summed E-state index contributed by atoms with van der Waals surface area (Å²) in [5.74, 6) is -1.60. The smallest absolute Gasteiger partial charge is 0.248 e. The first-order chi connectivity index (χ1) is 20.3. The highest BCUT2D eigenvalue weighted by Crippen LogP contribution is 2.41. The topological polar surface area (TPSA) is 101 Å². The summed E-state index contributed by atoms with van der Waals surface area (Å²) in [6, 6.07) is 13.3. The molecule has 1 heterocycles. The van der Waals surface area contributed by atoms with Crippen LogP contribution in [-0.2, 0) is 16.1 Å². The number of nitrogens with zero attached hydrogens (tertiary/aromatic N) is 2. The number of hydrogen-bond acceptors (Lipinski definition) is 4. The number of rotatable bonds is 14. The van der Waals surface area contributed by atoms with Gasteiger partial charge in [-0.3, -0.25) is 9.59 Å². The fourth-order valence-corrected chi connectivity index (χ4v) is 5.51. The second-order valence-electron chi connectivity index (χ2n) is 12.4. The number of nitrogens with two attached hydrogens (primary N) is 1. The van der Waals surface area contributed by atoms with Crippen molar-refractivity contribution in [2.75, 3.05) is 19.7 Å². The number of aliphatic hydroxyl groups excluding tert-OH is 1. The van der Waals surface area contributed by atoms with Crippen LogP contribution in [0.15, 0.2) is 60.8 Å². The molecule has 0 saturated carbocycles. The van der Waals surface area contributed by atoms with E-state index in [1.54, 1.807) is 17.2 Å². The van der Waals surface area contributed by atoms with Crippen LogP contribution >= 0.6 is 0 Å². The molecule has 0 fully saturated rings. The fraction of sp³-hybridized carbons (Fsp3) is 0.471. The molecule has 2 aromatic carbocycles. The SMILES string of the molecule is CCCC(C)CNC(=O)[C@@H](N)CCN(C(=O)CO)[C@@H](c1cc(-c2cc(F)ccc2F)cn1Cc1ccccc1)C(C)(C)C. The van der Waals surface area contributed by atoms with Gasteiger partial charge in [0.25, 0.3) is 0 Å². The summed E-state index contributed by atoms with van der Waals surface area (Å²) in [4.78, 5) is 27.6. The first-order valence-corrected chi connectivity index (χ1v) is 15.0. The minimum absolute atomic E-state index is 0.108. The molecule has 9 heteroatoms. The van der Waals surface area contributed by atoms with Crippen LogP contribution in [0.25, 0.3) is 11.1 Å². The summed E-state index contributed by atoms with van der Waals surface area (Å²) < 4.78 is 31.0. The Bertz CT molecular complexity index is 1350. The van der Waals surface area contributed by atoms with Crippen molar-refractivity contribution >= 4 is 11.8 Å². The highest BCUT2D eigenvalue weighted by atomic mass is 19.1. The summed E-state index contributed by atoms with van der Waals surface area (Å²) in [6.07, 6.45) is 3.95. The van der Waals surface area contributed by atoms with Gasteiger partial charge in [0.1, 0.15) is 18.2 Å². The van der Waals surface area contributed by atoms with Crippen LogP contribution in [0, 0.1) is 23.0 Å². The third-order valence-electron chi connectivity index (χ3n) is 7.66. The number of amides is 2. The molecule has 1 aromatic heterocycles. The molecule has 1 unspecified atom stereocenters. The van der Waals surface area contributed by atoms with Crippen LogP contribution in [0.3, 0.4) is 0 Å². The highest BCUT2D eigenvalue weighted by Gasteiger charge is 2.37. The molecule has 234 valence electrons. The number of aliphatic hydroxyl groups is 1. The van der Waals surface area contributed by atoms with E-state index in [-0.39, 0.29) is 24.4 Å². The van der Waals surface area contributed by atoms with Crippen molar-refractivity contribution in [2.24, 2.45) is 17.1 Å². The first kappa shape index (κ1) is 33.9. The molecule has 0 saturated heterocycles. The predicted molar refractivity (Wildman–Crippen MR) is 166 cm³/mol. The van der Waals surface area contributed by atoms with Crippen LogP contribution in [0.4, 0.5) is 8.78 Å². The van der Waals surface area contributed by atoms with Crippen LogP contribution in [-0.4, -0.2) is 52.1 Å². The second-order valence-corrected chi connectivity index (χ2v) is 12.4. The van der Waals surface area contributed by atoms with Gasteiger partial charge in [0.05, 0.1) is 12.1 Å². The summed E-state index contributed by atoms with van der Waals surface area (Å²) >= 11 is 0. The Labute approximate surface area is 254 Å². The minimum atomic E-state index is -0.850. The molecule has 0 bridgehead atoms. The van der Waals surface area contributed by atoms with Gasteiger partial charge in [-0.2, -0.15) is 0 Å². The molecule has 4 N–H and O–H groups in total. The Kier molecular flexibility index (Phi) is 12.0. The molecule has 0 radical (unpaired) electrons. The van der Waals surface area contributed by atoms with Crippen molar-refractivity contribution in [2.45, 2.75) is 72.5 Å². The maximum atomic E-state index is 14.9. The van der Waals surface area contributed by atoms with E-state index < -0.39 is 41.6 Å². The zero-order chi connectivity index (χ0) is 31.7. The quantitative estimate of drug-likeness (QED) is 0.224. The summed E-state index contributed by atoms with van der Waals surface area (Å²) in [5, 5.41) is 12.9. The van der Waals surface area contributed by atoms with E-state index in [2.05, 4.69) is 19.2 Å². The maximum Gasteiger partial charge on any atom is 0.248 e. The van der Waals surface area contributed by atoms with Gasteiger partial charge in [-0.1, -0.05) is 71.4 Å². The molecule has 43 heavy (non-hydrogen) atoms. The van der Waals surface area contributed by atoms with Gasteiger partial charge in [-0.15, -0.1) is 0 Å². The van der Waals surface area contributed by atoms with E-state index in [0.717, 1.165) is 36.6 Å². The number of benzene rings is 2. The molecule has 3 aromatic rings. The van der Waals surface area contributed by atoms with E-state index in [1.807, 2.05) is 55.7 Å². The monoisotopic (exact) mass is 596 g/mol. The second kappa shape index (κ2) is 15.3. The third kappa shape index (κ3) is 9.21. The zero-order valence-corrected chi connectivity index (χ0v) is 25.9. The lowest BCUT2D eigenvalue weighted by Gasteiger charge is -2.41. The molecule has 3 atom stereocenters. The lowest BCUT2D eigenvalue weighted by atomic mass is 9.82. The van der Waals surface area contributed by atoms with Crippen LogP contribution < -0.4 is 11.1 Å². The molecule has 0 aliphatic carbocycles. The lowest BCUT2D eigenvalue weighted by Crippen LogP contribution is -2.48. The Morgan fingerprint density at radius 1 is 1.07 bits per heavy atom.